The summed E-state index contributed by atoms with van der Waals surface area (Å²) < 4.78 is 0. The van der Waals surface area contributed by atoms with Crippen molar-refractivity contribution in [3.05, 3.63) is 53.9 Å². The van der Waals surface area contributed by atoms with Crippen molar-refractivity contribution in [1.29, 1.82) is 0 Å². The van der Waals surface area contributed by atoms with E-state index in [-0.39, 0.29) is 0 Å². The summed E-state index contributed by atoms with van der Waals surface area (Å²) in [5, 5.41) is 19.0. The number of nitrogens with one attached hydrogen (secondary N) is 4. The Morgan fingerprint density at radius 2 is 1.23 bits per heavy atom. The quantitative estimate of drug-likeness (QED) is 0.411. The van der Waals surface area contributed by atoms with Gasteiger partial charge in [0.05, 0.1) is 5.69 Å². The molecule has 0 atom stereocenters. The van der Waals surface area contributed by atoms with Gasteiger partial charge in [-0.2, -0.15) is 15.3 Å². The van der Waals surface area contributed by atoms with Crippen LogP contribution in [-0.2, 0) is 30.1 Å². The average Bonchev–Trinajstić information content (AvgIpc) is 3.37. The van der Waals surface area contributed by atoms with Crippen molar-refractivity contribution in [3.8, 4) is 0 Å². The molecule has 26 heavy (non-hydrogen) atoms. The molecule has 0 aliphatic carbocycles. The van der Waals surface area contributed by atoms with E-state index in [4.69, 9.17) is 38.8 Å². The fourth-order valence-corrected chi connectivity index (χ4v) is 1.49. The molecule has 0 aliphatic rings. The predicted octanol–water partition coefficient (Wildman–Crippen LogP) is 5.09. The average molecular weight is 532 g/mol. The van der Waals surface area contributed by atoms with Gasteiger partial charge >= 0.3 is 49.6 Å². The Kier molecular flexibility index (Phi) is 15.1. The van der Waals surface area contributed by atoms with Gasteiger partial charge in [0.15, 0.2) is 6.20 Å². The van der Waals surface area contributed by atoms with E-state index in [0.717, 1.165) is 19.3 Å². The van der Waals surface area contributed by atoms with Crippen LogP contribution in [-0.4, -0.2) is 25.5 Å². The number of nitrogens with zero attached hydrogens (tertiary/aromatic N) is 2. The Labute approximate surface area is 173 Å². The molecule has 0 spiro atoms. The van der Waals surface area contributed by atoms with Crippen LogP contribution in [0.1, 0.15) is 37.9 Å². The fraction of sp³-hybridized carbons (Fsp3) is 0.400. The minimum absolute atomic E-state index is 1.04. The molecule has 3 aromatic heterocycles. The maximum absolute atomic E-state index is 5.00. The summed E-state index contributed by atoms with van der Waals surface area (Å²) in [6.45, 7) is 6.29. The van der Waals surface area contributed by atoms with E-state index in [9.17, 15) is 0 Å². The second-order valence-corrected chi connectivity index (χ2v) is 20.5. The number of hydrogen-bond donors (Lipinski definition) is 3. The Hall–Kier alpha value is -0.587. The molecule has 3 rings (SSSR count). The number of halogens is 4. The molecule has 0 saturated carbocycles. The van der Waals surface area contributed by atoms with E-state index in [2.05, 4.69) is 51.4 Å². The Bertz CT molecular complexity index is 536. The van der Waals surface area contributed by atoms with Crippen LogP contribution in [0, 0.1) is 0 Å². The normalized spacial score (nSPS) is 10.4. The van der Waals surface area contributed by atoms with Crippen molar-refractivity contribution in [2.75, 3.05) is 0 Å². The number of rotatable bonds is 3. The third kappa shape index (κ3) is 16.9. The Balaban J connectivity index is 0.000000324. The van der Waals surface area contributed by atoms with Gasteiger partial charge in [-0.15, -0.1) is 5.10 Å². The Morgan fingerprint density at radius 1 is 0.808 bits per heavy atom. The number of H-pyrrole nitrogens is 4. The van der Waals surface area contributed by atoms with Crippen LogP contribution in [0.15, 0.2) is 36.8 Å². The number of aromatic nitrogens is 6. The van der Waals surface area contributed by atoms with E-state index in [1.54, 1.807) is 12.4 Å². The van der Waals surface area contributed by atoms with Crippen molar-refractivity contribution >= 4 is 38.8 Å². The molecule has 4 N–H and O–H groups in total. The summed E-state index contributed by atoms with van der Waals surface area (Å²) in [5.41, 5.74) is 3.64. The summed E-state index contributed by atoms with van der Waals surface area (Å²) in [6, 6.07) is 5.97. The maximum atomic E-state index is 5.00. The van der Waals surface area contributed by atoms with Gasteiger partial charge < -0.3 is 0 Å². The molecule has 11 heteroatoms. The predicted molar refractivity (Wildman–Crippen MR) is 106 cm³/mol. The van der Waals surface area contributed by atoms with Crippen molar-refractivity contribution in [1.82, 2.24) is 25.5 Å². The third-order valence-electron chi connectivity index (χ3n) is 2.86. The minimum atomic E-state index is -2.97. The molecule has 3 aromatic rings. The second-order valence-electron chi connectivity index (χ2n) is 4.66. The first-order chi connectivity index (χ1) is 12.3. The first-order valence-electron chi connectivity index (χ1n) is 7.83. The van der Waals surface area contributed by atoms with Gasteiger partial charge in [0.2, 0.25) is 0 Å². The summed E-state index contributed by atoms with van der Waals surface area (Å²) in [4.78, 5) is 0. The molecular formula is C15H25Cl4N6Ru. The third-order valence-corrected chi connectivity index (χ3v) is 2.86. The summed E-state index contributed by atoms with van der Waals surface area (Å²) >= 11 is 0. The summed E-state index contributed by atoms with van der Waals surface area (Å²) in [7, 11) is 17.0. The molecule has 0 amide bonds. The number of hydrogen-bond acceptors (Lipinski definition) is 2. The van der Waals surface area contributed by atoms with Crippen LogP contribution in [0.4, 0.5) is 0 Å². The van der Waals surface area contributed by atoms with Crippen LogP contribution in [0.25, 0.3) is 0 Å². The molecule has 6 nitrogen and oxygen atoms in total. The summed E-state index contributed by atoms with van der Waals surface area (Å²) in [6.07, 6.45) is 8.57. The van der Waals surface area contributed by atoms with E-state index < -0.39 is 10.8 Å². The molecular weight excluding hydrogens is 507 g/mol. The molecule has 0 bridgehead atoms. The summed E-state index contributed by atoms with van der Waals surface area (Å²) in [5.74, 6) is 0. The zero-order chi connectivity index (χ0) is 19.8. The van der Waals surface area contributed by atoms with E-state index in [1.165, 1.54) is 17.1 Å². The number of aromatic amines is 4. The number of aryl methyl sites for hydroxylation is 3. The molecule has 3 heterocycles. The van der Waals surface area contributed by atoms with E-state index in [1.807, 2.05) is 24.4 Å². The van der Waals surface area contributed by atoms with Gasteiger partial charge in [-0.1, -0.05) is 20.8 Å². The van der Waals surface area contributed by atoms with Gasteiger partial charge in [-0.25, -0.2) is 0 Å². The van der Waals surface area contributed by atoms with Gasteiger partial charge in [0.1, 0.15) is 0 Å². The molecule has 151 valence electrons. The molecule has 0 aliphatic heterocycles. The first-order valence-corrected chi connectivity index (χ1v) is 16.8. The molecule has 0 radical (unpaired) electrons. The molecule has 0 fully saturated rings. The van der Waals surface area contributed by atoms with Crippen molar-refractivity contribution < 1.29 is 15.9 Å². The van der Waals surface area contributed by atoms with Gasteiger partial charge in [0.25, 0.3) is 0 Å². The first kappa shape index (κ1) is 25.4. The molecule has 0 aromatic carbocycles. The Morgan fingerprint density at radius 3 is 1.38 bits per heavy atom. The van der Waals surface area contributed by atoms with Gasteiger partial charge in [-0.05, 0) is 31.4 Å². The van der Waals surface area contributed by atoms with Crippen LogP contribution in [0.5, 0.6) is 0 Å². The van der Waals surface area contributed by atoms with Crippen molar-refractivity contribution in [3.63, 3.8) is 0 Å². The second kappa shape index (κ2) is 15.5. The van der Waals surface area contributed by atoms with Crippen LogP contribution < -0.4 is 5.10 Å². The molecule has 0 saturated heterocycles. The monoisotopic (exact) mass is 531 g/mol. The van der Waals surface area contributed by atoms with Crippen molar-refractivity contribution in [2.24, 2.45) is 0 Å². The van der Waals surface area contributed by atoms with Crippen LogP contribution in [0.2, 0.25) is 0 Å². The van der Waals surface area contributed by atoms with Gasteiger partial charge in [0, 0.05) is 29.8 Å². The van der Waals surface area contributed by atoms with E-state index >= 15 is 0 Å². The molecule has 0 unspecified atom stereocenters. The standard InChI is InChI=1S/3C5H8N2.4ClH.Ru/c3*1-2-5-3-4-6-7-5;;;;;/h3*3-4H,2H2,1H3,(H,6,7);4*1H;/q;;;;;;;+3/p-3. The zero-order valence-electron chi connectivity index (χ0n) is 14.8. The zero-order valence-corrected chi connectivity index (χ0v) is 19.6. The fourth-order valence-electron chi connectivity index (χ4n) is 1.49. The van der Waals surface area contributed by atoms with Crippen molar-refractivity contribution in [2.45, 2.75) is 40.0 Å². The van der Waals surface area contributed by atoms with Gasteiger partial charge in [-0.3, -0.25) is 10.2 Å². The van der Waals surface area contributed by atoms with E-state index in [0.29, 0.717) is 0 Å². The van der Waals surface area contributed by atoms with Crippen LogP contribution >= 0.6 is 38.8 Å². The topological polar surface area (TPSA) is 87.3 Å². The SMILES string of the molecule is CCc1cc[nH+][nH]1.CCc1ccn[nH]1.CCc1ccn[nH]1.[Cl][Ru-]([Cl])([Cl])[Cl]. The van der Waals surface area contributed by atoms with Crippen LogP contribution in [0.3, 0.4) is 0 Å².